The third-order valence-electron chi connectivity index (χ3n) is 2.82. The van der Waals surface area contributed by atoms with Crippen LogP contribution in [0.15, 0.2) is 59.7 Å². The highest BCUT2D eigenvalue weighted by atomic mass is 32.1. The van der Waals surface area contributed by atoms with Crippen molar-refractivity contribution in [3.05, 3.63) is 60.2 Å². The smallest absolute Gasteiger partial charge is 0.183 e. The van der Waals surface area contributed by atoms with Crippen LogP contribution in [0.1, 0.15) is 5.56 Å². The number of benzene rings is 2. The number of hydrazone groups is 1. The largest absolute Gasteiger partial charge is 0.332 e. The Morgan fingerprint density at radius 1 is 1.15 bits per heavy atom. The molecule has 2 rings (SSSR count). The van der Waals surface area contributed by atoms with Gasteiger partial charge < -0.3 is 11.2 Å². The monoisotopic (exact) mass is 284 g/mol. The van der Waals surface area contributed by atoms with Gasteiger partial charge in [0, 0.05) is 11.4 Å². The first-order chi connectivity index (χ1) is 9.72. The summed E-state index contributed by atoms with van der Waals surface area (Å²) in [5, 5.41) is 7.29. The molecule has 0 aliphatic rings. The topological polar surface area (TPSA) is 53.6 Å². The summed E-state index contributed by atoms with van der Waals surface area (Å²) in [6.07, 6.45) is 1.49. The number of nitrogens with one attached hydrogen (secondary N) is 1. The molecular weight excluding hydrogens is 268 g/mol. The van der Waals surface area contributed by atoms with Crippen LogP contribution in [0.3, 0.4) is 0 Å². The third kappa shape index (κ3) is 3.33. The number of anilines is 2. The first kappa shape index (κ1) is 14.0. The number of nitrogens with zero attached hydrogens (tertiary/aromatic N) is 2. The predicted octanol–water partition coefficient (Wildman–Crippen LogP) is 3.10. The van der Waals surface area contributed by atoms with Crippen LogP contribution in [0.5, 0.6) is 0 Å². The normalized spacial score (nSPS) is 10.4. The number of para-hydroxylation sites is 2. The van der Waals surface area contributed by atoms with Gasteiger partial charge >= 0.3 is 0 Å². The van der Waals surface area contributed by atoms with Crippen LogP contribution < -0.4 is 16.1 Å². The van der Waals surface area contributed by atoms with Crippen LogP contribution in [-0.2, 0) is 0 Å². The molecule has 0 atom stereocenters. The van der Waals surface area contributed by atoms with Crippen molar-refractivity contribution in [2.75, 3.05) is 10.2 Å². The fraction of sp³-hybridized carbons (Fsp3) is 0.0667. The van der Waals surface area contributed by atoms with Gasteiger partial charge in [0.25, 0.3) is 0 Å². The summed E-state index contributed by atoms with van der Waals surface area (Å²) in [5.74, 6) is 5.27. The predicted molar refractivity (Wildman–Crippen MR) is 89.0 cm³/mol. The summed E-state index contributed by atoms with van der Waals surface area (Å²) < 4.78 is 0. The zero-order valence-corrected chi connectivity index (χ0v) is 12.0. The highest BCUT2D eigenvalue weighted by Gasteiger charge is 2.10. The van der Waals surface area contributed by atoms with Gasteiger partial charge in [0.2, 0.25) is 0 Å². The second kappa shape index (κ2) is 6.68. The van der Waals surface area contributed by atoms with E-state index in [1.165, 1.54) is 6.34 Å². The van der Waals surface area contributed by atoms with E-state index in [-0.39, 0.29) is 0 Å². The van der Waals surface area contributed by atoms with E-state index in [0.29, 0.717) is 5.11 Å². The summed E-state index contributed by atoms with van der Waals surface area (Å²) in [7, 11) is 0. The minimum absolute atomic E-state index is 0.514. The Bertz CT molecular complexity index is 610. The molecule has 0 aliphatic carbocycles. The molecule has 0 bridgehead atoms. The maximum Gasteiger partial charge on any atom is 0.183 e. The molecular formula is C15H16N4S. The maximum absolute atomic E-state index is 5.43. The van der Waals surface area contributed by atoms with Crippen molar-refractivity contribution in [3.8, 4) is 0 Å². The molecule has 0 heterocycles. The molecule has 3 N–H and O–H groups in total. The van der Waals surface area contributed by atoms with Crippen molar-refractivity contribution in [2.24, 2.45) is 10.9 Å². The van der Waals surface area contributed by atoms with Gasteiger partial charge in [-0.25, -0.2) is 0 Å². The highest BCUT2D eigenvalue weighted by molar-refractivity contribution is 7.80. The zero-order chi connectivity index (χ0) is 14.4. The molecule has 102 valence electrons. The Kier molecular flexibility index (Phi) is 4.68. The molecule has 0 fully saturated rings. The molecule has 0 aliphatic heterocycles. The van der Waals surface area contributed by atoms with Gasteiger partial charge in [0.05, 0.1) is 0 Å². The lowest BCUT2D eigenvalue weighted by Crippen LogP contribution is -2.34. The van der Waals surface area contributed by atoms with Gasteiger partial charge in [0.1, 0.15) is 6.34 Å². The second-order valence-corrected chi connectivity index (χ2v) is 4.60. The Balaban J connectivity index is 2.23. The minimum atomic E-state index is 0.514. The van der Waals surface area contributed by atoms with Crippen molar-refractivity contribution in [3.63, 3.8) is 0 Å². The van der Waals surface area contributed by atoms with E-state index in [1.54, 1.807) is 4.90 Å². The standard InChI is InChI=1S/C15H16N4S/c1-12-7-5-6-10-14(12)18-15(20)19(11-17-16)13-8-3-2-4-9-13/h2-11H,16H2,1H3,(H,18,20). The fourth-order valence-corrected chi connectivity index (χ4v) is 2.04. The summed E-state index contributed by atoms with van der Waals surface area (Å²) in [6, 6.07) is 17.6. The van der Waals surface area contributed by atoms with Crippen molar-refractivity contribution in [2.45, 2.75) is 6.92 Å². The molecule has 2 aromatic rings. The van der Waals surface area contributed by atoms with E-state index in [9.17, 15) is 0 Å². The molecule has 4 nitrogen and oxygen atoms in total. The number of thiocarbonyl (C=S) groups is 1. The van der Waals surface area contributed by atoms with E-state index in [4.69, 9.17) is 18.1 Å². The average molecular weight is 284 g/mol. The molecule has 2 aromatic carbocycles. The van der Waals surface area contributed by atoms with Crippen molar-refractivity contribution in [1.82, 2.24) is 0 Å². The molecule has 0 radical (unpaired) electrons. The van der Waals surface area contributed by atoms with Gasteiger partial charge in [0.15, 0.2) is 5.11 Å². The van der Waals surface area contributed by atoms with Crippen LogP contribution in [0.2, 0.25) is 0 Å². The Morgan fingerprint density at radius 2 is 1.80 bits per heavy atom. The Hall–Kier alpha value is -2.40. The van der Waals surface area contributed by atoms with Gasteiger partial charge in [-0.1, -0.05) is 36.4 Å². The van der Waals surface area contributed by atoms with Crippen LogP contribution in [0, 0.1) is 6.92 Å². The number of aryl methyl sites for hydroxylation is 1. The van der Waals surface area contributed by atoms with Gasteiger partial charge in [-0.3, -0.25) is 4.90 Å². The molecule has 20 heavy (non-hydrogen) atoms. The zero-order valence-electron chi connectivity index (χ0n) is 11.2. The average Bonchev–Trinajstić information content (AvgIpc) is 2.48. The van der Waals surface area contributed by atoms with E-state index in [0.717, 1.165) is 16.9 Å². The summed E-state index contributed by atoms with van der Waals surface area (Å²) in [4.78, 5) is 1.72. The molecule has 0 saturated carbocycles. The van der Waals surface area contributed by atoms with E-state index >= 15 is 0 Å². The quantitative estimate of drug-likeness (QED) is 0.299. The van der Waals surface area contributed by atoms with Gasteiger partial charge in [-0.2, -0.15) is 5.10 Å². The molecule has 0 aromatic heterocycles. The highest BCUT2D eigenvalue weighted by Crippen LogP contribution is 2.17. The van der Waals surface area contributed by atoms with Crippen molar-refractivity contribution in [1.29, 1.82) is 0 Å². The van der Waals surface area contributed by atoms with Gasteiger partial charge in [-0.15, -0.1) is 0 Å². The van der Waals surface area contributed by atoms with Crippen LogP contribution in [0.4, 0.5) is 11.4 Å². The molecule has 0 saturated heterocycles. The fourth-order valence-electron chi connectivity index (χ4n) is 1.78. The minimum Gasteiger partial charge on any atom is -0.332 e. The number of hydrogen-bond acceptors (Lipinski definition) is 3. The number of hydrogen-bond donors (Lipinski definition) is 2. The molecule has 0 amide bonds. The Morgan fingerprint density at radius 3 is 2.45 bits per heavy atom. The van der Waals surface area contributed by atoms with E-state index in [2.05, 4.69) is 10.4 Å². The van der Waals surface area contributed by atoms with Gasteiger partial charge in [-0.05, 0) is 42.9 Å². The van der Waals surface area contributed by atoms with Crippen LogP contribution >= 0.6 is 12.2 Å². The summed E-state index contributed by atoms with van der Waals surface area (Å²) >= 11 is 5.43. The van der Waals surface area contributed by atoms with E-state index < -0.39 is 0 Å². The number of rotatable bonds is 3. The second-order valence-electron chi connectivity index (χ2n) is 4.22. The third-order valence-corrected chi connectivity index (χ3v) is 3.12. The van der Waals surface area contributed by atoms with Crippen LogP contribution in [-0.4, -0.2) is 11.5 Å². The SMILES string of the molecule is Cc1ccccc1NC(=S)N(C=NN)c1ccccc1. The lowest BCUT2D eigenvalue weighted by atomic mass is 10.2. The molecule has 0 spiro atoms. The molecule has 0 unspecified atom stereocenters. The lowest BCUT2D eigenvalue weighted by molar-refractivity contribution is 1.24. The van der Waals surface area contributed by atoms with Crippen molar-refractivity contribution < 1.29 is 0 Å². The summed E-state index contributed by atoms with van der Waals surface area (Å²) in [6.45, 7) is 2.02. The first-order valence-corrected chi connectivity index (χ1v) is 6.57. The lowest BCUT2D eigenvalue weighted by Gasteiger charge is -2.21. The Labute approximate surface area is 123 Å². The van der Waals surface area contributed by atoms with Crippen molar-refractivity contribution >= 4 is 35.0 Å². The first-order valence-electron chi connectivity index (χ1n) is 6.16. The van der Waals surface area contributed by atoms with E-state index in [1.807, 2.05) is 61.5 Å². The maximum atomic E-state index is 5.43. The number of nitrogens with two attached hydrogens (primary N) is 1. The van der Waals surface area contributed by atoms with Crippen LogP contribution in [0.25, 0.3) is 0 Å². The summed E-state index contributed by atoms with van der Waals surface area (Å²) in [5.41, 5.74) is 2.98. The molecule has 5 heteroatoms.